The van der Waals surface area contributed by atoms with Crippen molar-refractivity contribution < 1.29 is 18.0 Å². The number of para-hydroxylation sites is 2. The van der Waals surface area contributed by atoms with E-state index < -0.39 is 11.3 Å². The van der Waals surface area contributed by atoms with Crippen molar-refractivity contribution in [1.29, 1.82) is 0 Å². The van der Waals surface area contributed by atoms with Crippen molar-refractivity contribution in [3.8, 4) is 0 Å². The van der Waals surface area contributed by atoms with E-state index in [0.29, 0.717) is 29.2 Å². The lowest BCUT2D eigenvalue weighted by molar-refractivity contribution is 0.0718. The number of nitrogens with zero attached hydrogens (tertiary/aromatic N) is 3. The van der Waals surface area contributed by atoms with Gasteiger partial charge in [-0.3, -0.25) is 14.3 Å². The highest BCUT2D eigenvalue weighted by Gasteiger charge is 2.27. The van der Waals surface area contributed by atoms with Crippen LogP contribution in [0.25, 0.3) is 10.9 Å². The van der Waals surface area contributed by atoms with E-state index in [4.69, 9.17) is 4.42 Å². The van der Waals surface area contributed by atoms with Crippen molar-refractivity contribution in [3.63, 3.8) is 0 Å². The van der Waals surface area contributed by atoms with Crippen LogP contribution in [0.5, 0.6) is 0 Å². The molecule has 1 unspecified atom stereocenters. The van der Waals surface area contributed by atoms with Crippen LogP contribution in [-0.2, 0) is 24.4 Å². The molecule has 0 bridgehead atoms. The van der Waals surface area contributed by atoms with Crippen molar-refractivity contribution in [3.05, 3.63) is 126 Å². The normalized spacial score (nSPS) is 11.8. The van der Waals surface area contributed by atoms with E-state index in [-0.39, 0.29) is 18.0 Å². The summed E-state index contributed by atoms with van der Waals surface area (Å²) < 4.78 is 29.9. The van der Waals surface area contributed by atoms with Crippen LogP contribution in [0.3, 0.4) is 0 Å². The Kier molecular flexibility index (Phi) is 6.88. The van der Waals surface area contributed by atoms with Gasteiger partial charge >= 0.3 is 0 Å². The number of furan rings is 1. The average Bonchev–Trinajstić information content (AvgIpc) is 3.42. The maximum atomic E-state index is 14.0. The molecule has 0 saturated carbocycles. The number of pyridine rings is 1. The second-order valence-electron chi connectivity index (χ2n) is 8.12. The summed E-state index contributed by atoms with van der Waals surface area (Å²) in [7, 11) is 0. The number of carbonyl (C=O) groups excluding carboxylic acids is 1. The van der Waals surface area contributed by atoms with Crippen LogP contribution in [0.2, 0.25) is 0 Å². The quantitative estimate of drug-likeness (QED) is 0.268. The monoisotopic (exact) mass is 497 g/mol. The van der Waals surface area contributed by atoms with Crippen LogP contribution in [0.15, 0.2) is 114 Å². The van der Waals surface area contributed by atoms with Gasteiger partial charge in [-0.25, -0.2) is 8.51 Å². The van der Waals surface area contributed by atoms with E-state index in [1.165, 1.54) is 4.31 Å². The molecule has 2 heterocycles. The molecule has 1 atom stereocenters. The Hall–Kier alpha value is -4.27. The molecule has 0 aliphatic heterocycles. The summed E-state index contributed by atoms with van der Waals surface area (Å²) in [6, 6.07) is 29.1. The second kappa shape index (κ2) is 10.6. The van der Waals surface area contributed by atoms with Crippen molar-refractivity contribution >= 4 is 39.5 Å². The predicted octanol–water partition coefficient (Wildman–Crippen LogP) is 5.95. The Bertz CT molecular complexity index is 1500. The fourth-order valence-corrected chi connectivity index (χ4v) is 4.79. The summed E-state index contributed by atoms with van der Waals surface area (Å²) in [5, 5.41) is 0.817. The van der Waals surface area contributed by atoms with Gasteiger partial charge in [-0.05, 0) is 42.0 Å². The predicted molar refractivity (Wildman–Crippen MR) is 140 cm³/mol. The molecule has 0 spiro atoms. The zero-order chi connectivity index (χ0) is 24.9. The van der Waals surface area contributed by atoms with Crippen LogP contribution in [0.1, 0.15) is 21.7 Å². The number of hydrogen-bond donors (Lipinski definition) is 1. The number of benzene rings is 3. The molecule has 0 fully saturated rings. The van der Waals surface area contributed by atoms with E-state index in [2.05, 4.69) is 4.98 Å². The Morgan fingerprint density at radius 1 is 0.833 bits per heavy atom. The maximum absolute atomic E-state index is 14.0. The van der Waals surface area contributed by atoms with Crippen LogP contribution in [-0.4, -0.2) is 24.6 Å². The van der Waals surface area contributed by atoms with Crippen LogP contribution in [0.4, 0.5) is 11.4 Å². The van der Waals surface area contributed by atoms with Gasteiger partial charge in [0, 0.05) is 18.1 Å². The first kappa shape index (κ1) is 23.5. The first-order valence-electron chi connectivity index (χ1n) is 11.3. The summed E-state index contributed by atoms with van der Waals surface area (Å²) in [5.41, 5.74) is 2.53. The minimum absolute atomic E-state index is 0.243. The number of aromatic nitrogens is 1. The van der Waals surface area contributed by atoms with E-state index in [1.807, 2.05) is 48.5 Å². The molecule has 1 N–H and O–H groups in total. The van der Waals surface area contributed by atoms with Crippen molar-refractivity contribution in [2.24, 2.45) is 0 Å². The molecule has 0 radical (unpaired) electrons. The van der Waals surface area contributed by atoms with Gasteiger partial charge in [0.05, 0.1) is 35.3 Å². The number of hydrogen-bond acceptors (Lipinski definition) is 4. The summed E-state index contributed by atoms with van der Waals surface area (Å²) in [5.74, 6) is 0.340. The Morgan fingerprint density at radius 3 is 2.36 bits per heavy atom. The molecule has 5 rings (SSSR count). The van der Waals surface area contributed by atoms with Crippen molar-refractivity contribution in [2.45, 2.75) is 13.1 Å². The molecule has 180 valence electrons. The first-order chi connectivity index (χ1) is 17.6. The number of amides is 1. The Labute approximate surface area is 211 Å². The topological polar surface area (TPSA) is 86.9 Å². The molecule has 2 aromatic heterocycles. The van der Waals surface area contributed by atoms with E-state index in [9.17, 15) is 13.6 Å². The lowest BCUT2D eigenvalue weighted by Gasteiger charge is -2.27. The fraction of sp³-hybridized carbons (Fsp3) is 0.0714. The van der Waals surface area contributed by atoms with E-state index >= 15 is 0 Å². The molecule has 3 aromatic carbocycles. The Balaban J connectivity index is 1.59. The van der Waals surface area contributed by atoms with Gasteiger partial charge in [-0.2, -0.15) is 0 Å². The molecule has 0 saturated heterocycles. The molecule has 5 aromatic rings. The summed E-state index contributed by atoms with van der Waals surface area (Å²) in [4.78, 5) is 20.1. The standard InChI is InChI=1S/C28H23N3O4S/c32-28(30(20-23-13-8-18-35-23)19-21-9-2-1-3-10-21)24-14-4-5-15-25(24)31(36(33)34)26-16-6-11-22-12-7-17-29-27(22)26/h1-18H,19-20H2,(H,33,34). The van der Waals surface area contributed by atoms with Crippen LogP contribution >= 0.6 is 0 Å². The molecule has 0 aliphatic carbocycles. The third-order valence-corrected chi connectivity index (χ3v) is 6.48. The van der Waals surface area contributed by atoms with Gasteiger partial charge in [-0.15, -0.1) is 0 Å². The highest BCUT2D eigenvalue weighted by atomic mass is 32.2. The zero-order valence-corrected chi connectivity index (χ0v) is 20.0. The fourth-order valence-electron chi connectivity index (χ4n) is 4.15. The zero-order valence-electron chi connectivity index (χ0n) is 19.2. The lowest BCUT2D eigenvalue weighted by Crippen LogP contribution is -2.32. The highest BCUT2D eigenvalue weighted by molar-refractivity contribution is 7.81. The first-order valence-corrected chi connectivity index (χ1v) is 12.4. The van der Waals surface area contributed by atoms with Crippen molar-refractivity contribution in [2.75, 3.05) is 4.31 Å². The number of rotatable bonds is 8. The van der Waals surface area contributed by atoms with Crippen LogP contribution < -0.4 is 4.31 Å². The van der Waals surface area contributed by atoms with Gasteiger partial charge in [-0.1, -0.05) is 60.7 Å². The molecule has 36 heavy (non-hydrogen) atoms. The largest absolute Gasteiger partial charge is 0.467 e. The number of carbonyl (C=O) groups is 1. The molecule has 7 nitrogen and oxygen atoms in total. The number of anilines is 2. The van der Waals surface area contributed by atoms with E-state index in [1.54, 1.807) is 65.9 Å². The third-order valence-electron chi connectivity index (χ3n) is 5.77. The van der Waals surface area contributed by atoms with Gasteiger partial charge in [0.1, 0.15) is 5.76 Å². The highest BCUT2D eigenvalue weighted by Crippen LogP contribution is 2.35. The smallest absolute Gasteiger partial charge is 0.266 e. The summed E-state index contributed by atoms with van der Waals surface area (Å²) in [6.45, 7) is 0.583. The number of fused-ring (bicyclic) bond motifs is 1. The summed E-state index contributed by atoms with van der Waals surface area (Å²) >= 11 is -2.47. The molecule has 1 amide bonds. The van der Waals surface area contributed by atoms with Gasteiger partial charge in [0.15, 0.2) is 0 Å². The van der Waals surface area contributed by atoms with Gasteiger partial charge in [0.2, 0.25) is 0 Å². The second-order valence-corrected chi connectivity index (χ2v) is 8.95. The molecule has 0 aliphatic rings. The molecular formula is C28H23N3O4S. The lowest BCUT2D eigenvalue weighted by atomic mass is 10.1. The Morgan fingerprint density at radius 2 is 1.58 bits per heavy atom. The minimum atomic E-state index is -2.47. The maximum Gasteiger partial charge on any atom is 0.266 e. The van der Waals surface area contributed by atoms with Gasteiger partial charge in [0.25, 0.3) is 17.2 Å². The van der Waals surface area contributed by atoms with Crippen molar-refractivity contribution in [1.82, 2.24) is 9.88 Å². The van der Waals surface area contributed by atoms with Gasteiger partial charge < -0.3 is 9.32 Å². The third kappa shape index (κ3) is 4.91. The summed E-state index contributed by atoms with van der Waals surface area (Å²) in [6.07, 6.45) is 3.20. The van der Waals surface area contributed by atoms with E-state index in [0.717, 1.165) is 10.9 Å². The SMILES string of the molecule is O=C(c1ccccc1N(c1cccc2cccnc12)S(=O)O)N(Cc1ccccc1)Cc1ccco1. The molecule has 8 heteroatoms. The van der Waals surface area contributed by atoms with Crippen LogP contribution in [0, 0.1) is 0 Å². The minimum Gasteiger partial charge on any atom is -0.467 e. The average molecular weight is 498 g/mol. The molecular weight excluding hydrogens is 474 g/mol.